The third kappa shape index (κ3) is 10.9. The number of halogens is 1. The molecule has 67 heavy (non-hydrogen) atoms. The lowest BCUT2D eigenvalue weighted by molar-refractivity contribution is -0.145. The molecule has 1 unspecified atom stereocenters. The molecule has 1 saturated heterocycles. The number of aromatic nitrogens is 4. The van der Waals surface area contributed by atoms with Gasteiger partial charge in [-0.25, -0.2) is 9.65 Å². The van der Waals surface area contributed by atoms with Gasteiger partial charge in [0, 0.05) is 24.9 Å². The molecule has 2 aromatic heterocycles. The number of carbonyl (C=O) groups excluding carboxylic acids is 2. The second kappa shape index (κ2) is 20.4. The zero-order chi connectivity index (χ0) is 47.2. The predicted octanol–water partition coefficient (Wildman–Crippen LogP) is 9.86. The number of nitrogens with one attached hydrogen (secondary N) is 1. The van der Waals surface area contributed by atoms with Crippen molar-refractivity contribution >= 4 is 46.9 Å². The molecule has 0 radical (unpaired) electrons. The first kappa shape index (κ1) is 47.4. The van der Waals surface area contributed by atoms with Crippen molar-refractivity contribution in [2.75, 3.05) is 39.1 Å². The third-order valence-corrected chi connectivity index (χ3v) is 14.5. The van der Waals surface area contributed by atoms with Crippen LogP contribution in [0, 0.1) is 5.41 Å². The first-order valence-corrected chi connectivity index (χ1v) is 24.7. The van der Waals surface area contributed by atoms with Gasteiger partial charge in [0.05, 0.1) is 31.0 Å². The number of ether oxygens (including phenoxy) is 2. The number of nitrogens with zero attached hydrogens (tertiary/aromatic N) is 6. The van der Waals surface area contributed by atoms with Crippen molar-refractivity contribution in [1.29, 1.82) is 0 Å². The maximum Gasteiger partial charge on any atom is 0.362 e. The topological polar surface area (TPSA) is 141 Å². The largest absolute Gasteiger partial charge is 0.471 e. The van der Waals surface area contributed by atoms with Crippen molar-refractivity contribution in [1.82, 2.24) is 29.1 Å². The summed E-state index contributed by atoms with van der Waals surface area (Å²) in [5.41, 5.74) is 5.05. The third-order valence-electron chi connectivity index (χ3n) is 11.9. The Balaban J connectivity index is 1.21. The molecule has 1 amide bonds. The Labute approximate surface area is 396 Å². The zero-order valence-electron chi connectivity index (χ0n) is 38.3. The molecule has 346 valence electrons. The number of anilines is 1. The first-order valence-electron chi connectivity index (χ1n) is 22.2. The highest BCUT2D eigenvalue weighted by Crippen LogP contribution is 2.54. The quantitative estimate of drug-likeness (QED) is 0.0689. The summed E-state index contributed by atoms with van der Waals surface area (Å²) in [5, 5.41) is 2.90. The van der Waals surface area contributed by atoms with Gasteiger partial charge in [-0.15, -0.1) is 0 Å². The van der Waals surface area contributed by atoms with Gasteiger partial charge in [0.1, 0.15) is 18.6 Å². The number of hydrogen-bond donors (Lipinski definition) is 1. The second-order valence-corrected chi connectivity index (χ2v) is 21.1. The number of fused-ring (bicyclic) bond motifs is 1. The van der Waals surface area contributed by atoms with Crippen LogP contribution in [-0.4, -0.2) is 80.7 Å². The Hall–Kier alpha value is -6.05. The van der Waals surface area contributed by atoms with Crippen LogP contribution >= 0.6 is 18.1 Å². The Kier molecular flexibility index (Phi) is 14.5. The molecule has 1 aliphatic rings. The van der Waals surface area contributed by atoms with Crippen molar-refractivity contribution in [3.63, 3.8) is 0 Å². The summed E-state index contributed by atoms with van der Waals surface area (Å²) in [5.74, 6) is 0.0133. The van der Waals surface area contributed by atoms with E-state index in [2.05, 4.69) is 46.6 Å². The maximum absolute atomic E-state index is 13.5. The minimum absolute atomic E-state index is 0.0232. The fourth-order valence-electron chi connectivity index (χ4n) is 8.28. The van der Waals surface area contributed by atoms with Crippen LogP contribution in [0.4, 0.5) is 5.95 Å². The van der Waals surface area contributed by atoms with Gasteiger partial charge in [-0.2, -0.15) is 9.97 Å². The number of ketones is 1. The normalized spacial score (nSPS) is 16.7. The Morgan fingerprint density at radius 1 is 0.761 bits per heavy atom. The first-order chi connectivity index (χ1) is 32.2. The lowest BCUT2D eigenvalue weighted by atomic mass is 9.75. The average Bonchev–Trinajstić information content (AvgIpc) is 3.76. The lowest BCUT2D eigenvalue weighted by Crippen LogP contribution is -2.57. The highest BCUT2D eigenvalue weighted by Gasteiger charge is 2.47. The van der Waals surface area contributed by atoms with E-state index >= 15 is 0 Å². The van der Waals surface area contributed by atoms with Crippen molar-refractivity contribution in [2.45, 2.75) is 58.1 Å². The molecule has 1 N–H and O–H groups in total. The number of amides is 1. The number of benzene rings is 5. The van der Waals surface area contributed by atoms with E-state index in [9.17, 15) is 14.2 Å². The van der Waals surface area contributed by atoms with Crippen LogP contribution in [0.1, 0.15) is 60.4 Å². The van der Waals surface area contributed by atoms with E-state index in [-0.39, 0.29) is 43.2 Å². The van der Waals surface area contributed by atoms with Gasteiger partial charge in [-0.3, -0.25) is 28.9 Å². The van der Waals surface area contributed by atoms with E-state index in [1.54, 1.807) is 20.4 Å². The number of rotatable bonds is 17. The standard InChI is InChI=1S/C52H55ClN7O6P/c1-51(2,3)44(61)30-38-26-28-39(29-27-38)34-64-49-47-48(56-50(57-49)55-45(62)31-37-18-10-6-11-19-37)60(36-54-47)46-33-59(32-43(66-46)35-65-67(53,63)58(4)5)52(40-20-12-7-13-21-40,41-22-14-8-15-23-41)42-24-16-9-17-25-42/h6-29,36,43,46H,30-35H2,1-5H3,(H,55,56,57,62)/t43-,46+,67?/m0/s1. The molecule has 0 saturated carbocycles. The molecular formula is C52H55ClN7O6P. The van der Waals surface area contributed by atoms with Gasteiger partial charge in [0.25, 0.3) is 0 Å². The number of imidazole rings is 1. The SMILES string of the molecule is CN(C)P(=O)(Cl)OC[C@@H]1CN(C(c2ccccc2)(c2ccccc2)c2ccccc2)C[C@H](n2cnc3c(OCc4ccc(CC(=O)C(C)(C)C)cc4)nc(NC(=O)Cc4ccccc4)nc32)O1. The van der Waals surface area contributed by atoms with Crippen LogP contribution in [0.15, 0.2) is 152 Å². The Morgan fingerprint density at radius 2 is 1.30 bits per heavy atom. The minimum atomic E-state index is -3.69. The van der Waals surface area contributed by atoms with Crippen molar-refractivity contribution < 1.29 is 28.2 Å². The van der Waals surface area contributed by atoms with Crippen LogP contribution in [0.5, 0.6) is 5.88 Å². The van der Waals surface area contributed by atoms with E-state index in [1.807, 2.05) is 135 Å². The molecule has 13 nitrogen and oxygen atoms in total. The van der Waals surface area contributed by atoms with E-state index in [0.29, 0.717) is 30.7 Å². The number of hydrogen-bond acceptors (Lipinski definition) is 10. The summed E-state index contributed by atoms with van der Waals surface area (Å²) in [6.45, 7) is 2.75. The summed E-state index contributed by atoms with van der Waals surface area (Å²) in [6, 6.07) is 48.1. The molecule has 1 fully saturated rings. The minimum Gasteiger partial charge on any atom is -0.471 e. The summed E-state index contributed by atoms with van der Waals surface area (Å²) in [6.07, 6.45) is 0.635. The molecule has 0 aliphatic carbocycles. The molecule has 1 aliphatic heterocycles. The van der Waals surface area contributed by atoms with Crippen LogP contribution in [0.2, 0.25) is 0 Å². The highest BCUT2D eigenvalue weighted by molar-refractivity contribution is 7.83. The van der Waals surface area contributed by atoms with Gasteiger partial charge in [-0.1, -0.05) is 166 Å². The highest BCUT2D eigenvalue weighted by atomic mass is 35.7. The number of carbonyl (C=O) groups is 2. The Bertz CT molecular complexity index is 2730. The van der Waals surface area contributed by atoms with Crippen molar-refractivity contribution in [3.05, 3.63) is 185 Å². The van der Waals surface area contributed by atoms with E-state index in [0.717, 1.165) is 33.4 Å². The van der Waals surface area contributed by atoms with E-state index in [1.165, 1.54) is 4.67 Å². The van der Waals surface area contributed by atoms with Gasteiger partial charge in [-0.05, 0) is 58.7 Å². The number of morpholine rings is 1. The van der Waals surface area contributed by atoms with Gasteiger partial charge >= 0.3 is 6.87 Å². The smallest absolute Gasteiger partial charge is 0.362 e. The molecule has 7 aromatic rings. The molecule has 0 spiro atoms. The van der Waals surface area contributed by atoms with Gasteiger partial charge in [0.15, 0.2) is 11.2 Å². The predicted molar refractivity (Wildman–Crippen MR) is 261 cm³/mol. The van der Waals surface area contributed by atoms with Crippen molar-refractivity contribution in [2.24, 2.45) is 5.41 Å². The molecule has 3 heterocycles. The average molecular weight is 940 g/mol. The van der Waals surface area contributed by atoms with Crippen molar-refractivity contribution in [3.8, 4) is 5.88 Å². The van der Waals surface area contributed by atoms with Crippen LogP contribution in [0.3, 0.4) is 0 Å². The Morgan fingerprint density at radius 3 is 1.85 bits per heavy atom. The van der Waals surface area contributed by atoms with Gasteiger partial charge in [0.2, 0.25) is 17.7 Å². The number of Topliss-reactive ketones (excluding diaryl/α,β-unsaturated/α-hetero) is 1. The molecular weight excluding hydrogens is 885 g/mol. The fraction of sp³-hybridized carbons (Fsp3) is 0.288. The maximum atomic E-state index is 13.5. The van der Waals surface area contributed by atoms with E-state index in [4.69, 9.17) is 40.2 Å². The summed E-state index contributed by atoms with van der Waals surface area (Å²) < 4.78 is 35.9. The van der Waals surface area contributed by atoms with Gasteiger partial charge < -0.3 is 14.0 Å². The van der Waals surface area contributed by atoms with Crippen LogP contribution in [-0.2, 0) is 48.4 Å². The molecule has 3 atom stereocenters. The lowest BCUT2D eigenvalue weighted by Gasteiger charge is -2.50. The molecule has 5 aromatic carbocycles. The zero-order valence-corrected chi connectivity index (χ0v) is 39.9. The summed E-state index contributed by atoms with van der Waals surface area (Å²) in [7, 11) is 3.21. The van der Waals surface area contributed by atoms with Crippen LogP contribution in [0.25, 0.3) is 11.2 Å². The fourth-order valence-corrected chi connectivity index (χ4v) is 9.03. The molecule has 0 bridgehead atoms. The molecule has 8 rings (SSSR count). The van der Waals surface area contributed by atoms with E-state index < -0.39 is 30.2 Å². The monoisotopic (exact) mass is 939 g/mol. The molecule has 15 heteroatoms. The summed E-state index contributed by atoms with van der Waals surface area (Å²) in [4.78, 5) is 43.1. The van der Waals surface area contributed by atoms with Crippen LogP contribution < -0.4 is 10.1 Å². The second-order valence-electron chi connectivity index (χ2n) is 17.9. The summed E-state index contributed by atoms with van der Waals surface area (Å²) >= 11 is 6.46.